The van der Waals surface area contributed by atoms with E-state index in [-0.39, 0.29) is 12.5 Å². The molecule has 4 rings (SSSR count). The van der Waals surface area contributed by atoms with E-state index >= 15 is 0 Å². The van der Waals surface area contributed by atoms with Crippen molar-refractivity contribution < 1.29 is 14.3 Å². The molecular formula is C27H22N4O3. The highest BCUT2D eigenvalue weighted by Gasteiger charge is 2.13. The Morgan fingerprint density at radius 1 is 1.03 bits per heavy atom. The second-order valence-corrected chi connectivity index (χ2v) is 7.21. The summed E-state index contributed by atoms with van der Waals surface area (Å²) in [6.07, 6.45) is 3.11. The summed E-state index contributed by atoms with van der Waals surface area (Å²) in [4.78, 5) is 12.7. The van der Waals surface area contributed by atoms with E-state index in [0.29, 0.717) is 17.3 Å². The first kappa shape index (κ1) is 22.4. The maximum Gasteiger partial charge on any atom is 0.249 e. The highest BCUT2D eigenvalue weighted by Crippen LogP contribution is 2.29. The summed E-state index contributed by atoms with van der Waals surface area (Å²) in [5.74, 6) is 1.19. The van der Waals surface area contributed by atoms with E-state index in [0.717, 1.165) is 22.5 Å². The van der Waals surface area contributed by atoms with Crippen molar-refractivity contribution in [3.8, 4) is 34.5 Å². The summed E-state index contributed by atoms with van der Waals surface area (Å²) in [6.45, 7) is -0.0754. The third-order valence-corrected chi connectivity index (χ3v) is 4.94. The van der Waals surface area contributed by atoms with Crippen LogP contribution in [0.3, 0.4) is 0 Å². The van der Waals surface area contributed by atoms with Crippen LogP contribution < -0.4 is 14.8 Å². The fourth-order valence-corrected chi connectivity index (χ4v) is 3.34. The predicted octanol–water partition coefficient (Wildman–Crippen LogP) is 5.10. The van der Waals surface area contributed by atoms with Gasteiger partial charge in [-0.25, -0.2) is 4.68 Å². The van der Waals surface area contributed by atoms with Gasteiger partial charge in [-0.05, 0) is 35.9 Å². The van der Waals surface area contributed by atoms with Crippen molar-refractivity contribution in [2.75, 3.05) is 19.0 Å². The van der Waals surface area contributed by atoms with Gasteiger partial charge < -0.3 is 14.8 Å². The van der Waals surface area contributed by atoms with Crippen molar-refractivity contribution >= 4 is 17.8 Å². The number of methoxy groups -OCH3 is 1. The number of nitrogens with zero attached hydrogens (tertiary/aromatic N) is 3. The largest absolute Gasteiger partial charge is 0.493 e. The molecule has 1 heterocycles. The Labute approximate surface area is 197 Å². The van der Waals surface area contributed by atoms with Crippen LogP contribution in [-0.2, 0) is 4.79 Å². The van der Waals surface area contributed by atoms with Crippen LogP contribution in [0.4, 0.5) is 5.82 Å². The van der Waals surface area contributed by atoms with Gasteiger partial charge in [0.05, 0.1) is 18.5 Å². The summed E-state index contributed by atoms with van der Waals surface area (Å²) >= 11 is 0. The summed E-state index contributed by atoms with van der Waals surface area (Å²) in [7, 11) is 1.52. The fraction of sp³-hybridized carbons (Fsp3) is 0.0741. The lowest BCUT2D eigenvalue weighted by atomic mass is 10.1. The average molecular weight is 450 g/mol. The molecule has 1 N–H and O–H groups in total. The molecule has 0 bridgehead atoms. The number of benzene rings is 3. The van der Waals surface area contributed by atoms with Crippen molar-refractivity contribution in [2.45, 2.75) is 0 Å². The lowest BCUT2D eigenvalue weighted by Gasteiger charge is -2.09. The van der Waals surface area contributed by atoms with Crippen LogP contribution in [-0.4, -0.2) is 29.4 Å². The van der Waals surface area contributed by atoms with E-state index in [1.54, 1.807) is 29.0 Å². The zero-order valence-corrected chi connectivity index (χ0v) is 18.5. The van der Waals surface area contributed by atoms with Gasteiger partial charge in [-0.1, -0.05) is 54.6 Å². The number of aromatic nitrogens is 2. The third kappa shape index (κ3) is 5.31. The van der Waals surface area contributed by atoms with E-state index in [1.165, 1.54) is 13.2 Å². The molecule has 168 valence electrons. The molecule has 7 nitrogen and oxygen atoms in total. The Morgan fingerprint density at radius 2 is 1.76 bits per heavy atom. The van der Waals surface area contributed by atoms with Crippen molar-refractivity contribution in [3.63, 3.8) is 0 Å². The highest BCUT2D eigenvalue weighted by atomic mass is 16.5. The Morgan fingerprint density at radius 3 is 2.47 bits per heavy atom. The molecule has 7 heteroatoms. The number of hydrogen-bond acceptors (Lipinski definition) is 5. The van der Waals surface area contributed by atoms with Gasteiger partial charge in [0, 0.05) is 17.7 Å². The van der Waals surface area contributed by atoms with Gasteiger partial charge in [0.1, 0.15) is 11.9 Å². The van der Waals surface area contributed by atoms with Crippen LogP contribution in [0.25, 0.3) is 23.0 Å². The molecule has 4 aromatic rings. The van der Waals surface area contributed by atoms with Crippen molar-refractivity contribution in [3.05, 3.63) is 96.6 Å². The number of hydrogen-bond donors (Lipinski definition) is 1. The van der Waals surface area contributed by atoms with Crippen LogP contribution in [0.2, 0.25) is 0 Å². The van der Waals surface area contributed by atoms with Gasteiger partial charge in [-0.2, -0.15) is 10.4 Å². The zero-order valence-electron chi connectivity index (χ0n) is 18.5. The maximum atomic E-state index is 12.7. The minimum absolute atomic E-state index is 0.0754. The van der Waals surface area contributed by atoms with Gasteiger partial charge in [0.25, 0.3) is 0 Å². The second-order valence-electron chi connectivity index (χ2n) is 7.21. The molecule has 0 aliphatic carbocycles. The summed E-state index contributed by atoms with van der Waals surface area (Å²) in [5.41, 5.74) is 3.29. The van der Waals surface area contributed by atoms with Crippen molar-refractivity contribution in [1.82, 2.24) is 9.78 Å². The predicted molar refractivity (Wildman–Crippen MR) is 131 cm³/mol. The average Bonchev–Trinajstić information content (AvgIpc) is 3.31. The number of nitriles is 1. The third-order valence-electron chi connectivity index (χ3n) is 4.94. The minimum Gasteiger partial charge on any atom is -0.493 e. The number of carbonyl (C=O) groups is 1. The molecule has 34 heavy (non-hydrogen) atoms. The van der Waals surface area contributed by atoms with Gasteiger partial charge in [-0.3, -0.25) is 4.79 Å². The van der Waals surface area contributed by atoms with Crippen LogP contribution in [0.15, 0.2) is 91.0 Å². The number of para-hydroxylation sites is 1. The monoisotopic (exact) mass is 450 g/mol. The molecule has 0 unspecified atom stereocenters. The number of amides is 1. The van der Waals surface area contributed by atoms with Crippen LogP contribution >= 0.6 is 0 Å². The molecule has 0 saturated carbocycles. The molecule has 0 aliphatic rings. The Hall–Kier alpha value is -4.83. The molecule has 0 spiro atoms. The SMILES string of the molecule is COc1cc(/C=C/C(=O)Nc2cc(-c3ccccc3)nn2-c2ccccc2)ccc1OCC#N. The second kappa shape index (κ2) is 10.7. The van der Waals surface area contributed by atoms with Crippen LogP contribution in [0.1, 0.15) is 5.56 Å². The zero-order chi connectivity index (χ0) is 23.8. The fourth-order valence-electron chi connectivity index (χ4n) is 3.34. The molecule has 0 radical (unpaired) electrons. The minimum atomic E-state index is -0.305. The normalized spacial score (nSPS) is 10.6. The first-order chi connectivity index (χ1) is 16.7. The first-order valence-electron chi connectivity index (χ1n) is 10.6. The topological polar surface area (TPSA) is 89.2 Å². The molecule has 0 aliphatic heterocycles. The van der Waals surface area contributed by atoms with E-state index in [2.05, 4.69) is 5.32 Å². The lowest BCUT2D eigenvalue weighted by Crippen LogP contribution is -2.12. The maximum absolute atomic E-state index is 12.7. The number of anilines is 1. The standard InChI is InChI=1S/C27H22N4O3/c1-33-25-18-20(12-14-24(25)34-17-16-28)13-15-27(32)29-26-19-23(21-8-4-2-5-9-21)30-31(26)22-10-6-3-7-11-22/h2-15,18-19H,17H2,1H3,(H,29,32)/b15-13+. The van der Waals surface area contributed by atoms with E-state index in [9.17, 15) is 4.79 Å². The van der Waals surface area contributed by atoms with Crippen molar-refractivity contribution in [2.24, 2.45) is 0 Å². The summed E-state index contributed by atoms with van der Waals surface area (Å²) in [5, 5.41) is 16.3. The quantitative estimate of drug-likeness (QED) is 0.377. The summed E-state index contributed by atoms with van der Waals surface area (Å²) < 4.78 is 12.4. The number of ether oxygens (including phenoxy) is 2. The smallest absolute Gasteiger partial charge is 0.249 e. The molecule has 1 amide bonds. The van der Waals surface area contributed by atoms with Gasteiger partial charge in [0.2, 0.25) is 5.91 Å². The molecule has 0 saturated heterocycles. The highest BCUT2D eigenvalue weighted by molar-refractivity contribution is 6.02. The Kier molecular flexibility index (Phi) is 7.01. The molecule has 1 aromatic heterocycles. The number of carbonyl (C=O) groups excluding carboxylic acids is 1. The van der Waals surface area contributed by atoms with Crippen LogP contribution in [0, 0.1) is 11.3 Å². The van der Waals surface area contributed by atoms with E-state index in [4.69, 9.17) is 19.8 Å². The van der Waals surface area contributed by atoms with E-state index < -0.39 is 0 Å². The molecule has 0 fully saturated rings. The first-order valence-corrected chi connectivity index (χ1v) is 10.6. The van der Waals surface area contributed by atoms with E-state index in [1.807, 2.05) is 72.8 Å². The number of rotatable bonds is 8. The molecule has 0 atom stereocenters. The van der Waals surface area contributed by atoms with Crippen LogP contribution in [0.5, 0.6) is 11.5 Å². The molecule has 3 aromatic carbocycles. The van der Waals surface area contributed by atoms with Gasteiger partial charge in [-0.15, -0.1) is 0 Å². The number of nitrogens with one attached hydrogen (secondary N) is 1. The Bertz CT molecular complexity index is 1340. The summed E-state index contributed by atoms with van der Waals surface area (Å²) in [6, 6.07) is 28.4. The Balaban J connectivity index is 1.56. The molecular weight excluding hydrogens is 428 g/mol. The van der Waals surface area contributed by atoms with Gasteiger partial charge >= 0.3 is 0 Å². The lowest BCUT2D eigenvalue weighted by molar-refractivity contribution is -0.111. The van der Waals surface area contributed by atoms with Gasteiger partial charge in [0.15, 0.2) is 18.1 Å². The van der Waals surface area contributed by atoms with Crippen molar-refractivity contribution in [1.29, 1.82) is 5.26 Å².